The van der Waals surface area contributed by atoms with Crippen molar-refractivity contribution >= 4 is 83.6 Å². The summed E-state index contributed by atoms with van der Waals surface area (Å²) in [5.74, 6) is 0. The molecule has 0 amide bonds. The molecule has 0 saturated heterocycles. The van der Waals surface area contributed by atoms with Crippen LogP contribution in [0.25, 0.3) is 45.2 Å². The molecule has 0 saturated carbocycles. The first-order valence-corrected chi connectivity index (χ1v) is 30.2. The van der Waals surface area contributed by atoms with Gasteiger partial charge in [-0.25, -0.2) is 0 Å². The molecule has 68 heavy (non-hydrogen) atoms. The third-order valence-electron chi connectivity index (χ3n) is 12.6. The molecule has 0 atom stereocenters. The van der Waals surface area contributed by atoms with E-state index < -0.39 is 16.1 Å². The topological polar surface area (TPSA) is 54.1 Å². The average molecular weight is 911 g/mol. The van der Waals surface area contributed by atoms with Crippen LogP contribution in [0.4, 0.5) is 34.1 Å². The fraction of sp³-hybridized carbons (Fsp3) is 0.0968. The summed E-state index contributed by atoms with van der Waals surface area (Å²) >= 11 is 0. The number of rotatable bonds is 12. The van der Waals surface area contributed by atoms with E-state index in [4.69, 9.17) is 0 Å². The molecule has 0 spiro atoms. The number of fused-ring (bicyclic) bond motifs is 1. The summed E-state index contributed by atoms with van der Waals surface area (Å²) in [7, 11) is -3.02. The summed E-state index contributed by atoms with van der Waals surface area (Å²) in [6.45, 7) is 14.2. The smallest absolute Gasteiger partial charge is 0.0991 e. The first-order chi connectivity index (χ1) is 32.9. The average Bonchev–Trinajstić information content (AvgIpc) is 3.36. The Labute approximate surface area is 404 Å². The quantitative estimate of drug-likeness (QED) is 0.0905. The van der Waals surface area contributed by atoms with Gasteiger partial charge in [0, 0.05) is 34.1 Å². The monoisotopic (exact) mass is 910 g/mol. The molecule has 330 valence electrons. The minimum atomic E-state index is -1.54. The van der Waals surface area contributed by atoms with E-state index in [-0.39, 0.29) is 0 Å². The fourth-order valence-corrected chi connectivity index (χ4v) is 11.2. The second kappa shape index (κ2) is 19.1. The van der Waals surface area contributed by atoms with E-state index in [2.05, 4.69) is 231 Å². The zero-order valence-electron chi connectivity index (χ0n) is 39.6. The highest BCUT2D eigenvalue weighted by Crippen LogP contribution is 2.44. The van der Waals surface area contributed by atoms with Crippen molar-refractivity contribution in [3.63, 3.8) is 0 Å². The summed E-state index contributed by atoms with van der Waals surface area (Å²) in [6.07, 6.45) is 4.42. The third kappa shape index (κ3) is 9.75. The predicted octanol–water partition coefficient (Wildman–Crippen LogP) is 16.1. The number of nitrogens with zero attached hydrogens (tertiary/aromatic N) is 4. The van der Waals surface area contributed by atoms with E-state index in [0.29, 0.717) is 11.1 Å². The van der Waals surface area contributed by atoms with Gasteiger partial charge in [0.25, 0.3) is 0 Å². The number of hydrogen-bond acceptors (Lipinski definition) is 4. The zero-order valence-corrected chi connectivity index (χ0v) is 41.6. The molecule has 0 heterocycles. The first-order valence-electron chi connectivity index (χ1n) is 23.2. The maximum absolute atomic E-state index is 9.73. The minimum absolute atomic E-state index is 0.627. The van der Waals surface area contributed by atoms with Gasteiger partial charge in [0.05, 0.1) is 39.4 Å². The van der Waals surface area contributed by atoms with E-state index in [1.165, 1.54) is 10.4 Å². The fourth-order valence-electron chi connectivity index (χ4n) is 8.82. The predicted molar refractivity (Wildman–Crippen MR) is 295 cm³/mol. The Hall–Kier alpha value is -8.01. The van der Waals surface area contributed by atoms with Crippen molar-refractivity contribution < 1.29 is 0 Å². The maximum atomic E-state index is 9.73. The van der Waals surface area contributed by atoms with Crippen LogP contribution < -0.4 is 20.2 Å². The van der Waals surface area contributed by atoms with Gasteiger partial charge in [-0.3, -0.25) is 0 Å². The summed E-state index contributed by atoms with van der Waals surface area (Å²) in [6, 6.07) is 77.6. The Morgan fingerprint density at radius 2 is 0.706 bits per heavy atom. The van der Waals surface area contributed by atoms with E-state index in [0.717, 1.165) is 78.3 Å². The Morgan fingerprint density at radius 3 is 1.12 bits per heavy atom. The molecular formula is C62H54N4Si2. The van der Waals surface area contributed by atoms with Crippen molar-refractivity contribution in [3.8, 4) is 34.4 Å². The van der Waals surface area contributed by atoms with Gasteiger partial charge in [-0.2, -0.15) is 10.5 Å². The molecule has 0 bridgehead atoms. The molecule has 0 unspecified atom stereocenters. The van der Waals surface area contributed by atoms with Crippen molar-refractivity contribution in [1.29, 1.82) is 10.5 Å². The molecule has 9 rings (SSSR count). The molecule has 0 fully saturated rings. The number of benzene rings is 9. The van der Waals surface area contributed by atoms with E-state index >= 15 is 0 Å². The lowest BCUT2D eigenvalue weighted by Crippen LogP contribution is -2.37. The summed E-state index contributed by atoms with van der Waals surface area (Å²) in [5, 5.41) is 24.4. The van der Waals surface area contributed by atoms with E-state index in [1.807, 2.05) is 48.5 Å². The van der Waals surface area contributed by atoms with E-state index in [9.17, 15) is 10.5 Å². The number of hydrogen-bond donors (Lipinski definition) is 0. The van der Waals surface area contributed by atoms with Crippen LogP contribution in [0, 0.1) is 22.7 Å². The molecule has 9 aromatic carbocycles. The Kier molecular flexibility index (Phi) is 12.7. The second-order valence-electron chi connectivity index (χ2n) is 19.4. The molecule has 0 aliphatic rings. The van der Waals surface area contributed by atoms with Gasteiger partial charge in [0.2, 0.25) is 0 Å². The van der Waals surface area contributed by atoms with Crippen molar-refractivity contribution in [3.05, 3.63) is 229 Å². The normalized spacial score (nSPS) is 11.6. The minimum Gasteiger partial charge on any atom is -0.311 e. The van der Waals surface area contributed by atoms with Crippen LogP contribution in [-0.2, 0) is 0 Å². The Balaban J connectivity index is 1.16. The lowest BCUT2D eigenvalue weighted by molar-refractivity contribution is 1.28. The van der Waals surface area contributed by atoms with Crippen LogP contribution in [0.3, 0.4) is 0 Å². The largest absolute Gasteiger partial charge is 0.311 e. The zero-order chi connectivity index (χ0) is 47.4. The first kappa shape index (κ1) is 45.2. The maximum Gasteiger partial charge on any atom is 0.0991 e. The number of nitriles is 2. The Morgan fingerprint density at radius 1 is 0.353 bits per heavy atom. The van der Waals surface area contributed by atoms with Crippen molar-refractivity contribution in [2.75, 3.05) is 9.80 Å². The van der Waals surface area contributed by atoms with Crippen molar-refractivity contribution in [2.24, 2.45) is 0 Å². The van der Waals surface area contributed by atoms with Gasteiger partial charge in [-0.1, -0.05) is 159 Å². The van der Waals surface area contributed by atoms with Crippen LogP contribution in [-0.4, -0.2) is 16.1 Å². The van der Waals surface area contributed by atoms with Crippen molar-refractivity contribution in [1.82, 2.24) is 0 Å². The lowest BCUT2D eigenvalue weighted by Gasteiger charge is -2.28. The highest BCUT2D eigenvalue weighted by atomic mass is 28.3. The van der Waals surface area contributed by atoms with Crippen molar-refractivity contribution in [2.45, 2.75) is 39.3 Å². The van der Waals surface area contributed by atoms with E-state index in [1.54, 1.807) is 0 Å². The van der Waals surface area contributed by atoms with Gasteiger partial charge in [-0.05, 0) is 153 Å². The molecule has 4 nitrogen and oxygen atoms in total. The summed E-state index contributed by atoms with van der Waals surface area (Å²) in [4.78, 5) is 4.57. The molecule has 0 aromatic heterocycles. The second-order valence-corrected chi connectivity index (χ2v) is 29.6. The number of anilines is 6. The molecule has 6 heteroatoms. The molecule has 0 aliphatic heterocycles. The van der Waals surface area contributed by atoms with Crippen LogP contribution >= 0.6 is 0 Å². The van der Waals surface area contributed by atoms with Gasteiger partial charge in [0.15, 0.2) is 0 Å². The van der Waals surface area contributed by atoms with Gasteiger partial charge < -0.3 is 9.80 Å². The molecule has 0 aliphatic carbocycles. The van der Waals surface area contributed by atoms with Gasteiger partial charge >= 0.3 is 0 Å². The van der Waals surface area contributed by atoms with Crippen LogP contribution in [0.1, 0.15) is 22.3 Å². The molecule has 9 aromatic rings. The highest BCUT2D eigenvalue weighted by Gasteiger charge is 2.22. The summed E-state index contributed by atoms with van der Waals surface area (Å²) < 4.78 is 0. The molecule has 0 N–H and O–H groups in total. The standard InChI is InChI=1S/C62H54N4Si2/c1-67(2,3)57-35-31-54(32-36-57)65(52-27-21-46(43-63)22-28-52)51-25-19-45(20-26-51)17-18-48-39-59(49-13-9-7-10-14-49)62-42-56(41-60(61(62)40-48)50-15-11-8-12-16-50)66(53-29-23-47(44-64)24-30-53)55-33-37-58(38-34-55)68(4,5)6/h7-42H,1-6H3/b18-17+. The van der Waals surface area contributed by atoms with Gasteiger partial charge in [-0.15, -0.1) is 0 Å². The Bertz CT molecular complexity index is 3320. The lowest BCUT2D eigenvalue weighted by atomic mass is 9.89. The van der Waals surface area contributed by atoms with Crippen LogP contribution in [0.15, 0.2) is 206 Å². The highest BCUT2D eigenvalue weighted by molar-refractivity contribution is 6.89. The molecular weight excluding hydrogens is 857 g/mol. The van der Waals surface area contributed by atoms with Gasteiger partial charge in [0.1, 0.15) is 0 Å². The SMILES string of the molecule is C[Si](C)(C)c1ccc(N(c2ccc(C#N)cc2)c2ccc(/C=C/c3cc(-c4ccccc4)c4cc(N(c5ccc(C#N)cc5)c5ccc([Si](C)(C)C)cc5)cc(-c5ccccc5)c4c3)cc2)cc1. The van der Waals surface area contributed by atoms with Crippen LogP contribution in [0.2, 0.25) is 39.3 Å². The molecule has 0 radical (unpaired) electrons. The third-order valence-corrected chi connectivity index (χ3v) is 16.7. The summed E-state index contributed by atoms with van der Waals surface area (Å²) in [5.41, 5.74) is 14.2. The van der Waals surface area contributed by atoms with Crippen LogP contribution in [0.5, 0.6) is 0 Å².